The van der Waals surface area contributed by atoms with Gasteiger partial charge in [-0.3, -0.25) is 0 Å². The molecule has 0 bridgehead atoms. The van der Waals surface area contributed by atoms with Crippen LogP contribution in [-0.2, 0) is 4.74 Å². The molecule has 6 heteroatoms. The molecule has 1 fully saturated rings. The summed E-state index contributed by atoms with van der Waals surface area (Å²) in [6.07, 6.45) is 0. The molecule has 0 saturated carbocycles. The van der Waals surface area contributed by atoms with Crippen LogP contribution in [-0.4, -0.2) is 58.0 Å². The lowest BCUT2D eigenvalue weighted by Gasteiger charge is -2.29. The first kappa shape index (κ1) is 18.5. The summed E-state index contributed by atoms with van der Waals surface area (Å²) in [6, 6.07) is 4.04. The molecule has 6 nitrogen and oxygen atoms in total. The summed E-state index contributed by atoms with van der Waals surface area (Å²) in [5, 5.41) is 6.31. The van der Waals surface area contributed by atoms with Gasteiger partial charge in [0, 0.05) is 44.5 Å². The Morgan fingerprint density at radius 2 is 2.00 bits per heavy atom. The minimum atomic E-state index is 0.622. The second kappa shape index (κ2) is 11.1. The Bertz CT molecular complexity index is 409. The van der Waals surface area contributed by atoms with Crippen LogP contribution in [0.2, 0.25) is 0 Å². The van der Waals surface area contributed by atoms with Crippen molar-refractivity contribution in [3.63, 3.8) is 0 Å². The van der Waals surface area contributed by atoms with E-state index >= 15 is 0 Å². The molecule has 0 aromatic carbocycles. The first-order valence-corrected chi connectivity index (χ1v) is 8.19. The molecule has 0 amide bonds. The number of anilines is 2. The van der Waals surface area contributed by atoms with E-state index in [4.69, 9.17) is 9.47 Å². The quantitative estimate of drug-likeness (QED) is 0.751. The largest absolute Gasteiger partial charge is 0.476 e. The molecule has 1 aliphatic rings. The van der Waals surface area contributed by atoms with Gasteiger partial charge in [0.1, 0.15) is 12.4 Å². The second-order valence-corrected chi connectivity index (χ2v) is 4.60. The van der Waals surface area contributed by atoms with Crippen molar-refractivity contribution in [2.75, 3.05) is 63.3 Å². The predicted octanol–water partition coefficient (Wildman–Crippen LogP) is 1.97. The number of likely N-dealkylation sites (N-methyl/N-ethyl adjacent to an activating group) is 1. The minimum Gasteiger partial charge on any atom is -0.476 e. The maximum absolute atomic E-state index is 5.71. The highest BCUT2D eigenvalue weighted by atomic mass is 16.5. The highest BCUT2D eigenvalue weighted by Gasteiger charge is 2.13. The summed E-state index contributed by atoms with van der Waals surface area (Å²) >= 11 is 0. The lowest BCUT2D eigenvalue weighted by atomic mass is 10.3. The molecule has 22 heavy (non-hydrogen) atoms. The Morgan fingerprint density at radius 1 is 1.27 bits per heavy atom. The van der Waals surface area contributed by atoms with Crippen LogP contribution in [0.1, 0.15) is 20.8 Å². The van der Waals surface area contributed by atoms with Gasteiger partial charge in [-0.15, -0.1) is 0 Å². The second-order valence-electron chi connectivity index (χ2n) is 4.60. The molecule has 1 aromatic heterocycles. The van der Waals surface area contributed by atoms with E-state index in [2.05, 4.69) is 27.4 Å². The summed E-state index contributed by atoms with van der Waals surface area (Å²) in [7, 11) is 1.87. The molecule has 126 valence electrons. The number of pyridine rings is 1. The maximum atomic E-state index is 5.71. The van der Waals surface area contributed by atoms with E-state index in [0.29, 0.717) is 12.5 Å². The lowest BCUT2D eigenvalue weighted by molar-refractivity contribution is 0.122. The van der Waals surface area contributed by atoms with E-state index in [-0.39, 0.29) is 0 Å². The summed E-state index contributed by atoms with van der Waals surface area (Å²) in [4.78, 5) is 6.72. The van der Waals surface area contributed by atoms with Crippen molar-refractivity contribution in [2.45, 2.75) is 20.8 Å². The fourth-order valence-electron chi connectivity index (χ4n) is 2.10. The van der Waals surface area contributed by atoms with Crippen LogP contribution >= 0.6 is 0 Å². The molecule has 2 N–H and O–H groups in total. The molecule has 2 rings (SSSR count). The molecular formula is C16H30N4O2. The lowest BCUT2D eigenvalue weighted by Crippen LogP contribution is -2.36. The van der Waals surface area contributed by atoms with E-state index in [1.54, 1.807) is 0 Å². The van der Waals surface area contributed by atoms with Crippen molar-refractivity contribution in [3.8, 4) is 5.88 Å². The van der Waals surface area contributed by atoms with Crippen molar-refractivity contribution < 1.29 is 9.47 Å². The van der Waals surface area contributed by atoms with Crippen LogP contribution < -0.4 is 20.3 Å². The van der Waals surface area contributed by atoms with Gasteiger partial charge in [0.05, 0.1) is 13.2 Å². The van der Waals surface area contributed by atoms with E-state index < -0.39 is 0 Å². The smallest absolute Gasteiger partial charge is 0.217 e. The van der Waals surface area contributed by atoms with Crippen LogP contribution in [0.5, 0.6) is 5.88 Å². The monoisotopic (exact) mass is 310 g/mol. The van der Waals surface area contributed by atoms with E-state index in [1.807, 2.05) is 33.0 Å². The number of nitrogens with one attached hydrogen (secondary N) is 2. The van der Waals surface area contributed by atoms with Crippen molar-refractivity contribution in [2.24, 2.45) is 0 Å². The normalized spacial score (nSPS) is 14.1. The van der Waals surface area contributed by atoms with Gasteiger partial charge in [-0.05, 0) is 6.54 Å². The Labute approximate surface area is 134 Å². The predicted molar refractivity (Wildman–Crippen MR) is 92.2 cm³/mol. The van der Waals surface area contributed by atoms with Crippen LogP contribution in [0.25, 0.3) is 0 Å². The Kier molecular flexibility index (Phi) is 9.34. The Morgan fingerprint density at radius 3 is 2.64 bits per heavy atom. The molecule has 1 aromatic rings. The van der Waals surface area contributed by atoms with Gasteiger partial charge in [0.25, 0.3) is 0 Å². The van der Waals surface area contributed by atoms with Crippen LogP contribution in [0.15, 0.2) is 12.1 Å². The molecule has 1 aliphatic heterocycles. The number of morpholine rings is 1. The average molecular weight is 310 g/mol. The Balaban J connectivity index is 0.00000116. The first-order valence-electron chi connectivity index (χ1n) is 8.19. The zero-order valence-electron chi connectivity index (χ0n) is 14.3. The van der Waals surface area contributed by atoms with Gasteiger partial charge in [-0.1, -0.05) is 20.8 Å². The molecule has 0 atom stereocenters. The van der Waals surface area contributed by atoms with Crippen molar-refractivity contribution in [1.82, 2.24) is 10.3 Å². The zero-order valence-corrected chi connectivity index (χ0v) is 14.3. The van der Waals surface area contributed by atoms with Gasteiger partial charge in [-0.2, -0.15) is 4.98 Å². The highest BCUT2D eigenvalue weighted by molar-refractivity contribution is 5.57. The van der Waals surface area contributed by atoms with Gasteiger partial charge in [0.2, 0.25) is 5.88 Å². The fourth-order valence-corrected chi connectivity index (χ4v) is 2.10. The average Bonchev–Trinajstić information content (AvgIpc) is 2.61. The minimum absolute atomic E-state index is 0.622. The van der Waals surface area contributed by atoms with E-state index in [1.165, 1.54) is 0 Å². The number of aromatic nitrogens is 1. The molecule has 2 heterocycles. The van der Waals surface area contributed by atoms with E-state index in [9.17, 15) is 0 Å². The zero-order chi connectivity index (χ0) is 16.2. The third kappa shape index (κ3) is 6.07. The fraction of sp³-hybridized carbons (Fsp3) is 0.688. The standard InChI is InChI=1S/C14H24N4O2.C2H6/c1-3-16-4-7-20-14-11-12(10-13(15-2)17-14)18-5-8-19-9-6-18;1-2/h10-11,16H,3-9H2,1-2H3,(H,15,17);1-2H3. The number of ether oxygens (including phenoxy) is 2. The number of nitrogens with zero attached hydrogens (tertiary/aromatic N) is 2. The number of hydrogen-bond acceptors (Lipinski definition) is 6. The molecule has 0 unspecified atom stereocenters. The number of rotatable bonds is 7. The highest BCUT2D eigenvalue weighted by Crippen LogP contribution is 2.24. The molecule has 1 saturated heterocycles. The van der Waals surface area contributed by atoms with Crippen molar-refractivity contribution >= 4 is 11.5 Å². The third-order valence-corrected chi connectivity index (χ3v) is 3.20. The summed E-state index contributed by atoms with van der Waals surface area (Å²) in [5.74, 6) is 1.49. The van der Waals surface area contributed by atoms with Crippen molar-refractivity contribution in [1.29, 1.82) is 0 Å². The van der Waals surface area contributed by atoms with Crippen LogP contribution in [0, 0.1) is 0 Å². The van der Waals surface area contributed by atoms with Gasteiger partial charge < -0.3 is 25.0 Å². The third-order valence-electron chi connectivity index (χ3n) is 3.20. The SMILES string of the molecule is CC.CCNCCOc1cc(N2CCOCC2)cc(NC)n1. The van der Waals surface area contributed by atoms with Crippen LogP contribution in [0.4, 0.5) is 11.5 Å². The van der Waals surface area contributed by atoms with Crippen LogP contribution in [0.3, 0.4) is 0 Å². The Hall–Kier alpha value is -1.53. The maximum Gasteiger partial charge on any atom is 0.217 e. The molecule has 0 aliphatic carbocycles. The van der Waals surface area contributed by atoms with Gasteiger partial charge in [0.15, 0.2) is 0 Å². The van der Waals surface area contributed by atoms with E-state index in [0.717, 1.165) is 50.9 Å². The molecular weight excluding hydrogens is 280 g/mol. The topological polar surface area (TPSA) is 58.7 Å². The summed E-state index contributed by atoms with van der Waals surface area (Å²) in [6.45, 7) is 11.8. The number of hydrogen-bond donors (Lipinski definition) is 2. The van der Waals surface area contributed by atoms with Gasteiger partial charge >= 0.3 is 0 Å². The first-order chi connectivity index (χ1) is 10.8. The summed E-state index contributed by atoms with van der Waals surface area (Å²) in [5.41, 5.74) is 1.13. The van der Waals surface area contributed by atoms with Gasteiger partial charge in [-0.25, -0.2) is 0 Å². The summed E-state index contributed by atoms with van der Waals surface area (Å²) < 4.78 is 11.1. The molecule has 0 spiro atoms. The molecule has 0 radical (unpaired) electrons. The van der Waals surface area contributed by atoms with Crippen molar-refractivity contribution in [3.05, 3.63) is 12.1 Å².